The van der Waals surface area contributed by atoms with Crippen LogP contribution in [0.25, 0.3) is 27.9 Å². The van der Waals surface area contributed by atoms with Crippen LogP contribution in [0, 0.1) is 12.7 Å². The number of likely N-dealkylation sites (N-methyl/N-ethyl adjacent to an activating group) is 1. The summed E-state index contributed by atoms with van der Waals surface area (Å²) in [7, 11) is 2.15. The minimum absolute atomic E-state index is 0.120. The fraction of sp³-hybridized carbons (Fsp3) is 0.321. The quantitative estimate of drug-likeness (QED) is 0.310. The summed E-state index contributed by atoms with van der Waals surface area (Å²) in [6.07, 6.45) is 6.40. The lowest BCUT2D eigenvalue weighted by molar-refractivity contribution is -0.514. The molecule has 1 aliphatic rings. The number of rotatable bonds is 7. The number of aromatic amines is 1. The number of H-pyrrole nitrogens is 1. The van der Waals surface area contributed by atoms with Crippen molar-refractivity contribution in [1.82, 2.24) is 25.1 Å². The van der Waals surface area contributed by atoms with Crippen molar-refractivity contribution < 1.29 is 13.6 Å². The van der Waals surface area contributed by atoms with Gasteiger partial charge in [0.05, 0.1) is 11.9 Å². The summed E-state index contributed by atoms with van der Waals surface area (Å²) in [6, 6.07) is 12.9. The Kier molecular flexibility index (Phi) is 7.06. The zero-order valence-electron chi connectivity index (χ0n) is 20.8. The Labute approximate surface area is 210 Å². The van der Waals surface area contributed by atoms with Gasteiger partial charge in [0, 0.05) is 50.0 Å². The number of nitrogens with zero attached hydrogens (tertiary/aromatic N) is 4. The summed E-state index contributed by atoms with van der Waals surface area (Å²) < 4.78 is 15.7. The second kappa shape index (κ2) is 10.6. The van der Waals surface area contributed by atoms with E-state index in [1.807, 2.05) is 47.1 Å². The van der Waals surface area contributed by atoms with Gasteiger partial charge in [-0.25, -0.2) is 9.37 Å². The lowest BCUT2D eigenvalue weighted by Gasteiger charge is -2.32. The Bertz CT molecular complexity index is 1380. The number of fused-ring (bicyclic) bond motifs is 1. The topological polar surface area (TPSA) is 68.4 Å². The molecular formula is C28H32FN6O+. The predicted molar refractivity (Wildman–Crippen MR) is 138 cm³/mol. The van der Waals surface area contributed by atoms with Gasteiger partial charge in [0.25, 0.3) is 0 Å². The number of hydrogen-bond donors (Lipinski definition) is 2. The van der Waals surface area contributed by atoms with Gasteiger partial charge >= 0.3 is 11.7 Å². The molecule has 0 unspecified atom stereocenters. The van der Waals surface area contributed by atoms with E-state index in [0.29, 0.717) is 17.9 Å². The number of carbonyl (C=O) groups is 1. The Morgan fingerprint density at radius 3 is 2.78 bits per heavy atom. The highest BCUT2D eigenvalue weighted by Gasteiger charge is 2.21. The molecule has 36 heavy (non-hydrogen) atoms. The maximum Gasteiger partial charge on any atom is 0.350 e. The van der Waals surface area contributed by atoms with Crippen LogP contribution in [0.2, 0.25) is 0 Å². The minimum Gasteiger partial charge on any atom is -0.345 e. The third-order valence-electron chi connectivity index (χ3n) is 6.88. The molecule has 5 rings (SSSR count). The molecule has 186 valence electrons. The Morgan fingerprint density at radius 2 is 1.97 bits per heavy atom. The number of hydrogen-bond acceptors (Lipinski definition) is 4. The van der Waals surface area contributed by atoms with E-state index in [1.165, 1.54) is 6.07 Å². The van der Waals surface area contributed by atoms with Gasteiger partial charge in [0.2, 0.25) is 0 Å². The maximum absolute atomic E-state index is 13.8. The molecule has 1 saturated heterocycles. The number of aromatic nitrogens is 3. The molecule has 7 nitrogen and oxygen atoms in total. The third-order valence-corrected chi connectivity index (χ3v) is 6.88. The molecule has 1 amide bonds. The van der Waals surface area contributed by atoms with Crippen molar-refractivity contribution in [2.45, 2.75) is 13.3 Å². The summed E-state index contributed by atoms with van der Waals surface area (Å²) in [5, 5.41) is 3.04. The van der Waals surface area contributed by atoms with Crippen LogP contribution >= 0.6 is 0 Å². The number of piperazine rings is 1. The number of benzene rings is 1. The van der Waals surface area contributed by atoms with Crippen molar-refractivity contribution in [2.75, 3.05) is 46.3 Å². The van der Waals surface area contributed by atoms with E-state index in [9.17, 15) is 9.18 Å². The van der Waals surface area contributed by atoms with Crippen LogP contribution in [0.1, 0.15) is 22.6 Å². The van der Waals surface area contributed by atoms with Gasteiger partial charge < -0.3 is 15.1 Å². The summed E-state index contributed by atoms with van der Waals surface area (Å²) in [4.78, 5) is 25.3. The average Bonchev–Trinajstić information content (AvgIpc) is 3.33. The molecule has 0 saturated carbocycles. The van der Waals surface area contributed by atoms with Gasteiger partial charge in [-0.2, -0.15) is 4.40 Å². The molecule has 4 aromatic rings. The van der Waals surface area contributed by atoms with E-state index in [0.717, 1.165) is 67.0 Å². The lowest BCUT2D eigenvalue weighted by Crippen LogP contribution is -2.45. The standard InChI is InChI=1S/C28H31FN6O/c1-20-17-22(6-7-25(20)29)26-24(5-3-9-30-26)21-8-12-35-23(18-21)19-32-27(35)28(36)31-10-4-11-34-15-13-33(2)14-16-34/h3,5-9,12,17-19H,4,10-11,13-16H2,1-2H3,(H,31,36)/p+1. The SMILES string of the molecule is Cc1cc(-c2ncccc2-c2cc[n+]3c(C(=O)NCCCN4CCN(C)CC4)[nH]cc3c2)ccc1F. The Morgan fingerprint density at radius 1 is 1.14 bits per heavy atom. The normalized spacial score (nSPS) is 14.9. The van der Waals surface area contributed by atoms with Gasteiger partial charge in [-0.3, -0.25) is 9.78 Å². The molecule has 0 bridgehead atoms. The Hall–Kier alpha value is -3.62. The van der Waals surface area contributed by atoms with E-state index < -0.39 is 0 Å². The van der Waals surface area contributed by atoms with Crippen molar-refractivity contribution in [3.63, 3.8) is 0 Å². The number of imidazole rings is 1. The molecule has 4 heterocycles. The smallest absolute Gasteiger partial charge is 0.345 e. The van der Waals surface area contributed by atoms with Crippen molar-refractivity contribution >= 4 is 11.4 Å². The third kappa shape index (κ3) is 5.15. The van der Waals surface area contributed by atoms with E-state index in [2.05, 4.69) is 32.1 Å². The largest absolute Gasteiger partial charge is 0.350 e. The molecule has 1 aromatic carbocycles. The number of nitrogens with one attached hydrogen (secondary N) is 2. The molecule has 0 aliphatic carbocycles. The fourth-order valence-electron chi connectivity index (χ4n) is 4.71. The van der Waals surface area contributed by atoms with Gasteiger partial charge in [-0.05, 0) is 74.5 Å². The number of halogens is 1. The monoisotopic (exact) mass is 487 g/mol. The zero-order valence-corrected chi connectivity index (χ0v) is 20.8. The summed E-state index contributed by atoms with van der Waals surface area (Å²) in [5.74, 6) is 0.146. The number of amides is 1. The van der Waals surface area contributed by atoms with Gasteiger partial charge in [0.1, 0.15) is 12.0 Å². The molecule has 0 spiro atoms. The number of pyridine rings is 2. The first kappa shape index (κ1) is 24.1. The van der Waals surface area contributed by atoms with Crippen LogP contribution in [-0.4, -0.2) is 72.0 Å². The summed E-state index contributed by atoms with van der Waals surface area (Å²) >= 11 is 0. The molecule has 2 N–H and O–H groups in total. The second-order valence-electron chi connectivity index (χ2n) is 9.47. The summed E-state index contributed by atoms with van der Waals surface area (Å²) in [5.41, 5.74) is 5.03. The van der Waals surface area contributed by atoms with Crippen molar-refractivity contribution in [1.29, 1.82) is 0 Å². The molecule has 0 radical (unpaired) electrons. The fourth-order valence-corrected chi connectivity index (χ4v) is 4.71. The second-order valence-corrected chi connectivity index (χ2v) is 9.47. The van der Waals surface area contributed by atoms with Crippen LogP contribution in [-0.2, 0) is 0 Å². The van der Waals surface area contributed by atoms with Crippen LogP contribution in [0.5, 0.6) is 0 Å². The number of carbonyl (C=O) groups excluding carboxylic acids is 1. The highest BCUT2D eigenvalue weighted by atomic mass is 19.1. The molecule has 3 aromatic heterocycles. The minimum atomic E-state index is -0.230. The van der Waals surface area contributed by atoms with Crippen LogP contribution in [0.3, 0.4) is 0 Å². The first-order valence-electron chi connectivity index (χ1n) is 12.4. The zero-order chi connectivity index (χ0) is 25.1. The van der Waals surface area contributed by atoms with Gasteiger partial charge in [-0.15, -0.1) is 0 Å². The summed E-state index contributed by atoms with van der Waals surface area (Å²) in [6.45, 7) is 7.76. The molecule has 0 atom stereocenters. The van der Waals surface area contributed by atoms with E-state index in [-0.39, 0.29) is 11.7 Å². The highest BCUT2D eigenvalue weighted by Crippen LogP contribution is 2.31. The predicted octanol–water partition coefficient (Wildman–Crippen LogP) is 3.30. The molecular weight excluding hydrogens is 455 g/mol. The van der Waals surface area contributed by atoms with Gasteiger partial charge in [0.15, 0.2) is 5.52 Å². The first-order chi connectivity index (χ1) is 17.5. The lowest BCUT2D eigenvalue weighted by atomic mass is 9.99. The van der Waals surface area contributed by atoms with E-state index in [1.54, 1.807) is 19.2 Å². The van der Waals surface area contributed by atoms with Crippen molar-refractivity contribution in [2.24, 2.45) is 0 Å². The van der Waals surface area contributed by atoms with E-state index >= 15 is 0 Å². The molecule has 1 fully saturated rings. The van der Waals surface area contributed by atoms with Crippen LogP contribution < -0.4 is 9.72 Å². The Balaban J connectivity index is 1.29. The van der Waals surface area contributed by atoms with Crippen molar-refractivity contribution in [3.8, 4) is 22.4 Å². The molecule has 1 aliphatic heterocycles. The van der Waals surface area contributed by atoms with Crippen molar-refractivity contribution in [3.05, 3.63) is 78.3 Å². The van der Waals surface area contributed by atoms with E-state index in [4.69, 9.17) is 0 Å². The van der Waals surface area contributed by atoms with Gasteiger partial charge in [-0.1, -0.05) is 6.07 Å². The van der Waals surface area contributed by atoms with Crippen LogP contribution in [0.4, 0.5) is 4.39 Å². The average molecular weight is 488 g/mol. The number of aryl methyl sites for hydroxylation is 1. The van der Waals surface area contributed by atoms with Crippen LogP contribution in [0.15, 0.2) is 61.1 Å². The first-order valence-corrected chi connectivity index (χ1v) is 12.4. The molecule has 8 heteroatoms. The highest BCUT2D eigenvalue weighted by molar-refractivity contribution is 5.89. The maximum atomic E-state index is 13.8.